The van der Waals surface area contributed by atoms with Crippen molar-refractivity contribution < 1.29 is 4.74 Å². The van der Waals surface area contributed by atoms with Crippen LogP contribution in [0.25, 0.3) is 0 Å². The number of pyridine rings is 1. The van der Waals surface area contributed by atoms with Gasteiger partial charge in [-0.1, -0.05) is 0 Å². The third-order valence-electron chi connectivity index (χ3n) is 2.70. The maximum Gasteiger partial charge on any atom is 0.122 e. The molecule has 1 fully saturated rings. The molecule has 17 heavy (non-hydrogen) atoms. The highest BCUT2D eigenvalue weighted by atomic mass is 32.2. The van der Waals surface area contributed by atoms with Crippen molar-refractivity contribution >= 4 is 17.6 Å². The molecule has 0 amide bonds. The molecule has 92 valence electrons. The predicted molar refractivity (Wildman–Crippen MR) is 69.7 cm³/mol. The van der Waals surface area contributed by atoms with Gasteiger partial charge < -0.3 is 10.5 Å². The van der Waals surface area contributed by atoms with Crippen molar-refractivity contribution in [2.75, 3.05) is 13.2 Å². The van der Waals surface area contributed by atoms with Crippen LogP contribution in [-0.4, -0.2) is 29.3 Å². The Morgan fingerprint density at radius 2 is 2.18 bits per heavy atom. The molecule has 1 saturated heterocycles. The minimum Gasteiger partial charge on any atom is -0.384 e. The molecular formula is C12H17N3OS. The Morgan fingerprint density at radius 3 is 2.82 bits per heavy atom. The van der Waals surface area contributed by atoms with E-state index in [0.29, 0.717) is 5.25 Å². The van der Waals surface area contributed by atoms with Gasteiger partial charge in [0.15, 0.2) is 0 Å². The molecule has 0 saturated carbocycles. The molecule has 1 aliphatic heterocycles. The Labute approximate surface area is 105 Å². The molecule has 1 aliphatic rings. The number of thioether (sulfide) groups is 1. The molecule has 4 nitrogen and oxygen atoms in total. The zero-order chi connectivity index (χ0) is 12.3. The smallest absolute Gasteiger partial charge is 0.122 e. The summed E-state index contributed by atoms with van der Waals surface area (Å²) in [6.07, 6.45) is 2.13. The van der Waals surface area contributed by atoms with E-state index in [-0.39, 0.29) is 5.84 Å². The summed E-state index contributed by atoms with van der Waals surface area (Å²) < 4.78 is 5.34. The lowest BCUT2D eigenvalue weighted by Gasteiger charge is -2.21. The molecule has 0 radical (unpaired) electrons. The monoisotopic (exact) mass is 251 g/mol. The number of hydrogen-bond donors (Lipinski definition) is 2. The average Bonchev–Trinajstić information content (AvgIpc) is 2.29. The van der Waals surface area contributed by atoms with Crippen molar-refractivity contribution in [1.82, 2.24) is 4.98 Å². The fourth-order valence-corrected chi connectivity index (χ4v) is 2.98. The lowest BCUT2D eigenvalue weighted by molar-refractivity contribution is 0.1000. The van der Waals surface area contributed by atoms with E-state index in [0.717, 1.165) is 42.3 Å². The molecule has 0 spiro atoms. The molecule has 0 unspecified atom stereocenters. The van der Waals surface area contributed by atoms with Gasteiger partial charge in [0, 0.05) is 29.7 Å². The summed E-state index contributed by atoms with van der Waals surface area (Å²) >= 11 is 1.77. The van der Waals surface area contributed by atoms with E-state index in [2.05, 4.69) is 4.98 Å². The van der Waals surface area contributed by atoms with Crippen LogP contribution in [-0.2, 0) is 4.74 Å². The molecule has 0 bridgehead atoms. The quantitative estimate of drug-likeness (QED) is 0.636. The Morgan fingerprint density at radius 1 is 1.47 bits per heavy atom. The van der Waals surface area contributed by atoms with Gasteiger partial charge in [0.25, 0.3) is 0 Å². The summed E-state index contributed by atoms with van der Waals surface area (Å²) in [6.45, 7) is 3.60. The topological polar surface area (TPSA) is 72.0 Å². The van der Waals surface area contributed by atoms with Crippen LogP contribution >= 0.6 is 11.8 Å². The van der Waals surface area contributed by atoms with Crippen LogP contribution in [0.2, 0.25) is 0 Å². The van der Waals surface area contributed by atoms with E-state index in [1.807, 2.05) is 19.1 Å². The maximum absolute atomic E-state index is 7.47. The number of nitrogens with zero attached hydrogens (tertiary/aromatic N) is 1. The Hall–Kier alpha value is -1.07. The first-order valence-corrected chi connectivity index (χ1v) is 6.60. The van der Waals surface area contributed by atoms with E-state index >= 15 is 0 Å². The van der Waals surface area contributed by atoms with Crippen LogP contribution in [0.4, 0.5) is 0 Å². The Kier molecular flexibility index (Phi) is 4.02. The molecule has 5 heteroatoms. The molecule has 0 aliphatic carbocycles. The average molecular weight is 251 g/mol. The molecule has 1 aromatic heterocycles. The van der Waals surface area contributed by atoms with Gasteiger partial charge in [-0.2, -0.15) is 0 Å². The first-order valence-electron chi connectivity index (χ1n) is 5.72. The van der Waals surface area contributed by atoms with E-state index in [1.165, 1.54) is 0 Å². The van der Waals surface area contributed by atoms with Gasteiger partial charge >= 0.3 is 0 Å². The standard InChI is InChI=1S/C12H17N3OS/c1-8-6-9(12(13)14)7-11(15-8)17-10-2-4-16-5-3-10/h6-7,10H,2-5H2,1H3,(H3,13,14). The van der Waals surface area contributed by atoms with Gasteiger partial charge in [-0.3, -0.25) is 5.41 Å². The fourth-order valence-electron chi connectivity index (χ4n) is 1.82. The molecule has 1 aromatic rings. The Bertz CT molecular complexity index is 416. The van der Waals surface area contributed by atoms with Crippen molar-refractivity contribution in [2.24, 2.45) is 5.73 Å². The first-order chi connectivity index (χ1) is 8.15. The van der Waals surface area contributed by atoms with Crippen molar-refractivity contribution in [3.8, 4) is 0 Å². The van der Waals surface area contributed by atoms with Crippen molar-refractivity contribution in [3.63, 3.8) is 0 Å². The first kappa shape index (κ1) is 12.4. The highest BCUT2D eigenvalue weighted by molar-refractivity contribution is 7.99. The third kappa shape index (κ3) is 3.44. The maximum atomic E-state index is 7.47. The largest absolute Gasteiger partial charge is 0.384 e. The molecule has 3 N–H and O–H groups in total. The number of nitrogens with one attached hydrogen (secondary N) is 1. The highest BCUT2D eigenvalue weighted by Gasteiger charge is 2.16. The SMILES string of the molecule is Cc1cc(C(=N)N)cc(SC2CCOCC2)n1. The van der Waals surface area contributed by atoms with Crippen molar-refractivity contribution in [2.45, 2.75) is 30.0 Å². The number of aromatic nitrogens is 1. The summed E-state index contributed by atoms with van der Waals surface area (Å²) in [5.74, 6) is 0.101. The normalized spacial score (nSPS) is 17.0. The third-order valence-corrected chi connectivity index (χ3v) is 3.95. The molecule has 0 atom stereocenters. The number of amidine groups is 1. The number of ether oxygens (including phenoxy) is 1. The summed E-state index contributed by atoms with van der Waals surface area (Å²) in [5, 5.41) is 9.00. The molecule has 2 heterocycles. The van der Waals surface area contributed by atoms with Crippen LogP contribution in [0.15, 0.2) is 17.2 Å². The van der Waals surface area contributed by atoms with Crippen molar-refractivity contribution in [1.29, 1.82) is 5.41 Å². The lowest BCUT2D eigenvalue weighted by Crippen LogP contribution is -2.18. The van der Waals surface area contributed by atoms with Gasteiger partial charge in [0.1, 0.15) is 5.84 Å². The second kappa shape index (κ2) is 5.51. The number of nitrogen functional groups attached to an aromatic ring is 1. The molecule has 0 aromatic carbocycles. The van der Waals surface area contributed by atoms with E-state index in [4.69, 9.17) is 15.9 Å². The zero-order valence-electron chi connectivity index (χ0n) is 9.90. The van der Waals surface area contributed by atoms with Gasteiger partial charge in [0.2, 0.25) is 0 Å². The number of nitrogens with two attached hydrogens (primary N) is 1. The summed E-state index contributed by atoms with van der Waals surface area (Å²) in [6, 6.07) is 3.74. The second-order valence-electron chi connectivity index (χ2n) is 4.18. The summed E-state index contributed by atoms with van der Waals surface area (Å²) in [5.41, 5.74) is 7.18. The van der Waals surface area contributed by atoms with Crippen LogP contribution in [0, 0.1) is 12.3 Å². The molecular weight excluding hydrogens is 234 g/mol. The summed E-state index contributed by atoms with van der Waals surface area (Å²) in [7, 11) is 0. The van der Waals surface area contributed by atoms with Crippen LogP contribution in [0.3, 0.4) is 0 Å². The van der Waals surface area contributed by atoms with Gasteiger partial charge in [-0.25, -0.2) is 4.98 Å². The minimum absolute atomic E-state index is 0.101. The van der Waals surface area contributed by atoms with E-state index in [9.17, 15) is 0 Å². The van der Waals surface area contributed by atoms with Crippen molar-refractivity contribution in [3.05, 3.63) is 23.4 Å². The van der Waals surface area contributed by atoms with Gasteiger partial charge in [0.05, 0.1) is 5.03 Å². The Balaban J connectivity index is 2.11. The number of aryl methyl sites for hydroxylation is 1. The van der Waals surface area contributed by atoms with Crippen LogP contribution < -0.4 is 5.73 Å². The minimum atomic E-state index is 0.101. The fraction of sp³-hybridized carbons (Fsp3) is 0.500. The van der Waals surface area contributed by atoms with Gasteiger partial charge in [-0.15, -0.1) is 11.8 Å². The summed E-state index contributed by atoms with van der Waals surface area (Å²) in [4.78, 5) is 4.48. The molecule has 2 rings (SSSR count). The lowest BCUT2D eigenvalue weighted by atomic mass is 10.2. The highest BCUT2D eigenvalue weighted by Crippen LogP contribution is 2.29. The number of hydrogen-bond acceptors (Lipinski definition) is 4. The van der Waals surface area contributed by atoms with Crippen LogP contribution in [0.5, 0.6) is 0 Å². The van der Waals surface area contributed by atoms with Gasteiger partial charge in [-0.05, 0) is 31.9 Å². The van der Waals surface area contributed by atoms with E-state index in [1.54, 1.807) is 11.8 Å². The zero-order valence-corrected chi connectivity index (χ0v) is 10.7. The van der Waals surface area contributed by atoms with E-state index < -0.39 is 0 Å². The number of rotatable bonds is 3. The predicted octanol–water partition coefficient (Wildman–Crippen LogP) is 1.95. The second-order valence-corrected chi connectivity index (χ2v) is 5.50. The van der Waals surface area contributed by atoms with Crippen LogP contribution in [0.1, 0.15) is 24.1 Å².